The van der Waals surface area contributed by atoms with E-state index in [4.69, 9.17) is 10.9 Å². The molecule has 5 nitrogen and oxygen atoms in total. The largest absolute Gasteiger partial charge is 0.409 e. The number of likely N-dealkylation sites (tertiary alicyclic amines) is 1. The molecule has 92 valence electrons. The van der Waals surface area contributed by atoms with Gasteiger partial charge in [0.15, 0.2) is 5.84 Å². The maximum Gasteiger partial charge on any atom is 0.153 e. The molecule has 0 radical (unpaired) electrons. The van der Waals surface area contributed by atoms with Crippen LogP contribution in [0.15, 0.2) is 5.16 Å². The zero-order valence-electron chi connectivity index (χ0n) is 9.60. The maximum absolute atomic E-state index is 9.62. The quantitative estimate of drug-likeness (QED) is 0.279. The first-order chi connectivity index (χ1) is 7.70. The van der Waals surface area contributed by atoms with Crippen molar-refractivity contribution in [2.24, 2.45) is 22.2 Å². The van der Waals surface area contributed by atoms with Crippen molar-refractivity contribution in [3.63, 3.8) is 0 Å². The first kappa shape index (κ1) is 11.7. The Morgan fingerprint density at radius 3 is 2.94 bits per heavy atom. The molecule has 0 spiro atoms. The Labute approximate surface area is 95.9 Å². The molecule has 1 saturated carbocycles. The average molecular weight is 227 g/mol. The lowest BCUT2D eigenvalue weighted by Crippen LogP contribution is -2.38. The summed E-state index contributed by atoms with van der Waals surface area (Å²) in [4.78, 5) is 2.20. The van der Waals surface area contributed by atoms with Crippen LogP contribution in [0, 0.1) is 11.3 Å². The van der Waals surface area contributed by atoms with E-state index in [1.165, 1.54) is 19.3 Å². The Morgan fingerprint density at radius 1 is 1.50 bits per heavy atom. The molecule has 2 atom stereocenters. The highest BCUT2D eigenvalue weighted by molar-refractivity contribution is 5.81. The molecule has 0 aromatic carbocycles. The highest BCUT2D eigenvalue weighted by Gasteiger charge is 2.46. The monoisotopic (exact) mass is 227 g/mol. The smallest absolute Gasteiger partial charge is 0.153 e. The normalized spacial score (nSPS) is 36.3. The zero-order chi connectivity index (χ0) is 11.6. The number of fused-ring (bicyclic) bond motifs is 1. The van der Waals surface area contributed by atoms with Gasteiger partial charge >= 0.3 is 0 Å². The molecular formula is C11H21N3O2. The first-order valence-electron chi connectivity index (χ1n) is 6.00. The fraction of sp³-hybridized carbons (Fsp3) is 0.909. The molecule has 2 fully saturated rings. The van der Waals surface area contributed by atoms with Crippen molar-refractivity contribution in [3.05, 3.63) is 0 Å². The molecule has 4 N–H and O–H groups in total. The van der Waals surface area contributed by atoms with Gasteiger partial charge in [-0.15, -0.1) is 0 Å². The fourth-order valence-electron chi connectivity index (χ4n) is 3.33. The van der Waals surface area contributed by atoms with Gasteiger partial charge in [-0.05, 0) is 18.8 Å². The van der Waals surface area contributed by atoms with Crippen molar-refractivity contribution >= 4 is 5.84 Å². The van der Waals surface area contributed by atoms with Gasteiger partial charge in [-0.25, -0.2) is 0 Å². The van der Waals surface area contributed by atoms with Gasteiger partial charge in [-0.2, -0.15) is 0 Å². The predicted molar refractivity (Wildman–Crippen MR) is 61.3 cm³/mol. The van der Waals surface area contributed by atoms with Crippen LogP contribution in [-0.2, 0) is 0 Å². The van der Waals surface area contributed by atoms with Crippen molar-refractivity contribution in [1.82, 2.24) is 4.90 Å². The molecule has 1 saturated heterocycles. The van der Waals surface area contributed by atoms with E-state index in [1.54, 1.807) is 0 Å². The molecule has 0 amide bonds. The number of nitrogens with zero attached hydrogens (tertiary/aromatic N) is 2. The van der Waals surface area contributed by atoms with Gasteiger partial charge in [0.05, 0.1) is 13.2 Å². The SMILES string of the molecule is N/C(CN1CC2CCCCC2(CO)C1)=N\O. The van der Waals surface area contributed by atoms with Gasteiger partial charge in [-0.3, -0.25) is 4.90 Å². The lowest BCUT2D eigenvalue weighted by Gasteiger charge is -2.36. The van der Waals surface area contributed by atoms with Gasteiger partial charge in [0.2, 0.25) is 0 Å². The molecule has 2 aliphatic rings. The second kappa shape index (κ2) is 4.59. The number of hydrogen-bond acceptors (Lipinski definition) is 4. The Balaban J connectivity index is 2.02. The van der Waals surface area contributed by atoms with Crippen LogP contribution in [0.2, 0.25) is 0 Å². The molecule has 0 bridgehead atoms. The summed E-state index contributed by atoms with van der Waals surface area (Å²) < 4.78 is 0. The summed E-state index contributed by atoms with van der Waals surface area (Å²) in [5, 5.41) is 21.2. The number of nitrogens with two attached hydrogens (primary N) is 1. The highest BCUT2D eigenvalue weighted by Crippen LogP contribution is 2.46. The van der Waals surface area contributed by atoms with Crippen LogP contribution in [-0.4, -0.2) is 47.3 Å². The summed E-state index contributed by atoms with van der Waals surface area (Å²) in [7, 11) is 0. The van der Waals surface area contributed by atoms with Crippen LogP contribution in [0.1, 0.15) is 25.7 Å². The van der Waals surface area contributed by atoms with E-state index in [9.17, 15) is 5.11 Å². The van der Waals surface area contributed by atoms with E-state index in [2.05, 4.69) is 10.1 Å². The van der Waals surface area contributed by atoms with Crippen LogP contribution >= 0.6 is 0 Å². The molecule has 0 aromatic rings. The van der Waals surface area contributed by atoms with E-state index < -0.39 is 0 Å². The third-order valence-electron chi connectivity index (χ3n) is 4.19. The number of aliphatic hydroxyl groups is 1. The summed E-state index contributed by atoms with van der Waals surface area (Å²) >= 11 is 0. The minimum atomic E-state index is 0.0774. The van der Waals surface area contributed by atoms with E-state index in [-0.39, 0.29) is 17.9 Å². The lowest BCUT2D eigenvalue weighted by atomic mass is 9.69. The summed E-state index contributed by atoms with van der Waals surface area (Å²) in [6.07, 6.45) is 4.80. The second-order valence-electron chi connectivity index (χ2n) is 5.22. The van der Waals surface area contributed by atoms with E-state index in [1.807, 2.05) is 0 Å². The molecule has 2 unspecified atom stereocenters. The van der Waals surface area contributed by atoms with E-state index in [0.29, 0.717) is 12.5 Å². The van der Waals surface area contributed by atoms with E-state index in [0.717, 1.165) is 19.5 Å². The standard InChI is InChI=1S/C11H21N3O2/c12-10(13-16)6-14-5-9-3-1-2-4-11(9,7-14)8-15/h9,15-16H,1-8H2,(H2,12,13). The number of aliphatic hydroxyl groups excluding tert-OH is 1. The number of amidine groups is 1. The molecule has 5 heteroatoms. The van der Waals surface area contributed by atoms with Gasteiger partial charge in [0.25, 0.3) is 0 Å². The Morgan fingerprint density at radius 2 is 2.31 bits per heavy atom. The van der Waals surface area contributed by atoms with Gasteiger partial charge in [0.1, 0.15) is 0 Å². The predicted octanol–water partition coefficient (Wildman–Crippen LogP) is 0.217. The van der Waals surface area contributed by atoms with Crippen molar-refractivity contribution in [1.29, 1.82) is 0 Å². The number of hydrogen-bond donors (Lipinski definition) is 3. The zero-order valence-corrected chi connectivity index (χ0v) is 9.60. The molecule has 2 rings (SSSR count). The summed E-state index contributed by atoms with van der Waals surface area (Å²) in [6.45, 7) is 2.63. The van der Waals surface area contributed by atoms with Crippen molar-refractivity contribution in [3.8, 4) is 0 Å². The second-order valence-corrected chi connectivity index (χ2v) is 5.22. The number of oxime groups is 1. The molecule has 16 heavy (non-hydrogen) atoms. The van der Waals surface area contributed by atoms with Gasteiger partial charge < -0.3 is 16.0 Å². The number of rotatable bonds is 3. The Hall–Kier alpha value is -0.810. The van der Waals surface area contributed by atoms with Crippen molar-refractivity contribution in [2.75, 3.05) is 26.2 Å². The third-order valence-corrected chi connectivity index (χ3v) is 4.19. The summed E-state index contributed by atoms with van der Waals surface area (Å²) in [5.74, 6) is 0.837. The fourth-order valence-corrected chi connectivity index (χ4v) is 3.33. The lowest BCUT2D eigenvalue weighted by molar-refractivity contribution is 0.0588. The summed E-state index contributed by atoms with van der Waals surface area (Å²) in [5.41, 5.74) is 5.60. The minimum absolute atomic E-state index is 0.0774. The maximum atomic E-state index is 9.62. The van der Waals surface area contributed by atoms with Crippen LogP contribution < -0.4 is 5.73 Å². The molecule has 0 aromatic heterocycles. The van der Waals surface area contributed by atoms with Gasteiger partial charge in [0, 0.05) is 18.5 Å². The van der Waals surface area contributed by atoms with Crippen LogP contribution in [0.25, 0.3) is 0 Å². The molecule has 1 heterocycles. The molecule has 1 aliphatic carbocycles. The third kappa shape index (κ3) is 2.01. The van der Waals surface area contributed by atoms with Crippen LogP contribution in [0.3, 0.4) is 0 Å². The van der Waals surface area contributed by atoms with Crippen molar-refractivity contribution in [2.45, 2.75) is 25.7 Å². The topological polar surface area (TPSA) is 82.1 Å². The average Bonchev–Trinajstić information content (AvgIpc) is 2.67. The van der Waals surface area contributed by atoms with Crippen molar-refractivity contribution < 1.29 is 10.3 Å². The minimum Gasteiger partial charge on any atom is -0.409 e. The molecule has 1 aliphatic heterocycles. The Bertz CT molecular complexity index is 282. The van der Waals surface area contributed by atoms with E-state index >= 15 is 0 Å². The molecular weight excluding hydrogens is 206 g/mol. The highest BCUT2D eigenvalue weighted by atomic mass is 16.4. The Kier molecular flexibility index (Phi) is 3.35. The first-order valence-corrected chi connectivity index (χ1v) is 6.00. The van der Waals surface area contributed by atoms with Gasteiger partial charge in [-0.1, -0.05) is 18.0 Å². The summed E-state index contributed by atoms with van der Waals surface area (Å²) in [6, 6.07) is 0. The van der Waals surface area contributed by atoms with Crippen LogP contribution in [0.5, 0.6) is 0 Å². The van der Waals surface area contributed by atoms with Crippen LogP contribution in [0.4, 0.5) is 0 Å².